The van der Waals surface area contributed by atoms with Crippen LogP contribution in [-0.2, 0) is 19.6 Å². The molecule has 0 fully saturated rings. The van der Waals surface area contributed by atoms with Gasteiger partial charge in [0, 0.05) is 5.69 Å². The smallest absolute Gasteiger partial charge is 0.263 e. The first-order valence-electron chi connectivity index (χ1n) is 9.88. The molecule has 0 radical (unpaired) electrons. The third-order valence-electron chi connectivity index (χ3n) is 4.49. The summed E-state index contributed by atoms with van der Waals surface area (Å²) in [5.74, 6) is -0.910. The van der Waals surface area contributed by atoms with E-state index in [9.17, 15) is 23.2 Å². The number of anilines is 2. The second-order valence-electron chi connectivity index (χ2n) is 7.44. The van der Waals surface area contributed by atoms with Gasteiger partial charge in [0.2, 0.25) is 18.1 Å². The van der Waals surface area contributed by atoms with E-state index in [4.69, 9.17) is 9.47 Å². The molecule has 12 nitrogen and oxygen atoms in total. The lowest BCUT2D eigenvalue weighted by molar-refractivity contribution is -0.154. The molecule has 0 unspecified atom stereocenters. The summed E-state index contributed by atoms with van der Waals surface area (Å²) in [6, 6.07) is 5.47. The topological polar surface area (TPSA) is 160 Å². The Hall–Kier alpha value is -3.45. The predicted molar refractivity (Wildman–Crippen MR) is 119 cm³/mol. The van der Waals surface area contributed by atoms with Gasteiger partial charge >= 0.3 is 0 Å². The van der Waals surface area contributed by atoms with E-state index in [-0.39, 0.29) is 41.2 Å². The first-order chi connectivity index (χ1) is 15.6. The molecule has 180 valence electrons. The largest absolute Gasteiger partial charge is 0.489 e. The molecule has 0 aliphatic rings. The number of hydroxylamine groups is 2. The van der Waals surface area contributed by atoms with Crippen molar-refractivity contribution in [2.75, 3.05) is 30.8 Å². The molecule has 0 saturated carbocycles. The van der Waals surface area contributed by atoms with Crippen LogP contribution >= 0.6 is 0 Å². The number of aromatic nitrogens is 2. The Morgan fingerprint density at radius 2 is 1.85 bits per heavy atom. The minimum atomic E-state index is -4.03. The van der Waals surface area contributed by atoms with Crippen LogP contribution in [0.4, 0.5) is 11.5 Å². The zero-order valence-corrected chi connectivity index (χ0v) is 19.5. The molecule has 33 heavy (non-hydrogen) atoms. The third kappa shape index (κ3) is 7.02. The number of amides is 2. The third-order valence-corrected chi connectivity index (χ3v) is 5.84. The molecule has 0 bridgehead atoms. The molecule has 0 spiro atoms. The van der Waals surface area contributed by atoms with E-state index in [1.54, 1.807) is 0 Å². The normalized spacial score (nSPS) is 12.1. The van der Waals surface area contributed by atoms with Crippen LogP contribution in [0.15, 0.2) is 35.5 Å². The lowest BCUT2D eigenvalue weighted by Gasteiger charge is -2.21. The van der Waals surface area contributed by atoms with E-state index in [1.165, 1.54) is 38.5 Å². The molecule has 2 aromatic rings. The molecule has 0 saturated heterocycles. The molecule has 1 atom stereocenters. The lowest BCUT2D eigenvalue weighted by atomic mass is 9.96. The molecule has 2 rings (SSSR count). The standard InChI is InChI=1S/C20H27N5O7S/c1-13(2)9-14(10-25(28)12-26)19(27)23-15-5-7-16(8-6-15)33(29,30)24-18-17(31-3)20(32-4)22-11-21-18/h5-8,11-14,28H,9-10H2,1-4H3,(H,23,27)(H,21,22,24)/t14-/m1/s1. The van der Waals surface area contributed by atoms with Crippen molar-refractivity contribution in [3.05, 3.63) is 30.6 Å². The van der Waals surface area contributed by atoms with Crippen LogP contribution in [0, 0.1) is 11.8 Å². The summed E-state index contributed by atoms with van der Waals surface area (Å²) < 4.78 is 38.0. The molecule has 1 aromatic carbocycles. The van der Waals surface area contributed by atoms with Crippen molar-refractivity contribution in [2.24, 2.45) is 11.8 Å². The Balaban J connectivity index is 2.17. The molecule has 0 aliphatic carbocycles. The van der Waals surface area contributed by atoms with Gasteiger partial charge in [-0.15, -0.1) is 0 Å². The maximum Gasteiger partial charge on any atom is 0.263 e. The SMILES string of the molecule is COc1ncnc(NS(=O)(=O)c2ccc(NC(=O)[C@H](CC(C)C)CN(O)C=O)cc2)c1OC. The fourth-order valence-electron chi connectivity index (χ4n) is 3.01. The highest BCUT2D eigenvalue weighted by Gasteiger charge is 2.23. The molecule has 2 amide bonds. The van der Waals surface area contributed by atoms with Gasteiger partial charge in [-0.2, -0.15) is 4.98 Å². The van der Waals surface area contributed by atoms with Gasteiger partial charge in [0.1, 0.15) is 6.33 Å². The minimum absolute atomic E-state index is 0.0249. The van der Waals surface area contributed by atoms with Crippen molar-refractivity contribution in [3.63, 3.8) is 0 Å². The number of sulfonamides is 1. The Bertz CT molecular complexity index is 1060. The van der Waals surface area contributed by atoms with Crippen molar-refractivity contribution in [2.45, 2.75) is 25.2 Å². The van der Waals surface area contributed by atoms with Crippen LogP contribution < -0.4 is 19.5 Å². The Morgan fingerprint density at radius 3 is 2.39 bits per heavy atom. The number of hydrogen-bond donors (Lipinski definition) is 3. The van der Waals surface area contributed by atoms with Gasteiger partial charge in [0.05, 0.1) is 31.6 Å². The number of methoxy groups -OCH3 is 2. The highest BCUT2D eigenvalue weighted by molar-refractivity contribution is 7.92. The number of benzene rings is 1. The van der Waals surface area contributed by atoms with Crippen LogP contribution in [0.5, 0.6) is 11.6 Å². The van der Waals surface area contributed by atoms with E-state index in [1.807, 2.05) is 13.8 Å². The summed E-state index contributed by atoms with van der Waals surface area (Å²) in [7, 11) is -1.35. The fraction of sp³-hybridized carbons (Fsp3) is 0.400. The van der Waals surface area contributed by atoms with Crippen molar-refractivity contribution < 1.29 is 32.7 Å². The van der Waals surface area contributed by atoms with Crippen molar-refractivity contribution >= 4 is 33.8 Å². The minimum Gasteiger partial charge on any atom is -0.489 e. The summed E-state index contributed by atoms with van der Waals surface area (Å²) in [6.45, 7) is 3.67. The van der Waals surface area contributed by atoms with Gasteiger partial charge in [-0.3, -0.25) is 19.5 Å². The number of hydrogen-bond acceptors (Lipinski definition) is 9. The Labute approximate surface area is 191 Å². The van der Waals surface area contributed by atoms with E-state index in [2.05, 4.69) is 20.0 Å². The van der Waals surface area contributed by atoms with Gasteiger partial charge in [-0.25, -0.2) is 18.5 Å². The summed E-state index contributed by atoms with van der Waals surface area (Å²) >= 11 is 0. The predicted octanol–water partition coefficient (Wildman–Crippen LogP) is 1.74. The number of nitrogens with zero attached hydrogens (tertiary/aromatic N) is 3. The summed E-state index contributed by atoms with van der Waals surface area (Å²) in [5, 5.41) is 12.6. The number of carbonyl (C=O) groups is 2. The quantitative estimate of drug-likeness (QED) is 0.233. The highest BCUT2D eigenvalue weighted by Crippen LogP contribution is 2.32. The maximum atomic E-state index is 12.8. The number of nitrogens with one attached hydrogen (secondary N) is 2. The number of ether oxygens (including phenoxy) is 2. The zero-order valence-electron chi connectivity index (χ0n) is 18.7. The van der Waals surface area contributed by atoms with Gasteiger partial charge < -0.3 is 14.8 Å². The van der Waals surface area contributed by atoms with E-state index in [0.717, 1.165) is 6.33 Å². The van der Waals surface area contributed by atoms with E-state index >= 15 is 0 Å². The maximum absolute atomic E-state index is 12.8. The molecular formula is C20H27N5O7S. The molecular weight excluding hydrogens is 454 g/mol. The Kier molecular flexibility index (Phi) is 8.94. The van der Waals surface area contributed by atoms with Gasteiger partial charge in [0.15, 0.2) is 5.82 Å². The van der Waals surface area contributed by atoms with Crippen LogP contribution in [0.25, 0.3) is 0 Å². The number of rotatable bonds is 12. The highest BCUT2D eigenvalue weighted by atomic mass is 32.2. The summed E-state index contributed by atoms with van der Waals surface area (Å²) in [5.41, 5.74) is 0.351. The van der Waals surface area contributed by atoms with Crippen LogP contribution in [0.3, 0.4) is 0 Å². The first kappa shape index (κ1) is 25.8. The second-order valence-corrected chi connectivity index (χ2v) is 9.12. The second kappa shape index (κ2) is 11.4. The van der Waals surface area contributed by atoms with Crippen LogP contribution in [0.1, 0.15) is 20.3 Å². The summed E-state index contributed by atoms with van der Waals surface area (Å²) in [6.07, 6.45) is 1.80. The summed E-state index contributed by atoms with van der Waals surface area (Å²) in [4.78, 5) is 31.0. The van der Waals surface area contributed by atoms with Crippen molar-refractivity contribution in [1.82, 2.24) is 15.0 Å². The van der Waals surface area contributed by atoms with E-state index in [0.29, 0.717) is 17.2 Å². The first-order valence-corrected chi connectivity index (χ1v) is 11.4. The van der Waals surface area contributed by atoms with Gasteiger partial charge in [-0.1, -0.05) is 13.8 Å². The van der Waals surface area contributed by atoms with Crippen LogP contribution in [0.2, 0.25) is 0 Å². The zero-order chi connectivity index (χ0) is 24.6. The average Bonchev–Trinajstić information content (AvgIpc) is 2.78. The van der Waals surface area contributed by atoms with E-state index < -0.39 is 21.8 Å². The molecule has 1 heterocycles. The average molecular weight is 482 g/mol. The molecule has 0 aliphatic heterocycles. The van der Waals surface area contributed by atoms with Crippen LogP contribution in [-0.4, -0.2) is 61.7 Å². The van der Waals surface area contributed by atoms with Gasteiger partial charge in [0.25, 0.3) is 15.9 Å². The number of carbonyl (C=O) groups excluding carboxylic acids is 2. The molecule has 1 aromatic heterocycles. The van der Waals surface area contributed by atoms with Crippen molar-refractivity contribution in [1.29, 1.82) is 0 Å². The van der Waals surface area contributed by atoms with Crippen molar-refractivity contribution in [3.8, 4) is 11.6 Å². The van der Waals surface area contributed by atoms with Gasteiger partial charge in [-0.05, 0) is 36.6 Å². The molecule has 13 heteroatoms. The monoisotopic (exact) mass is 481 g/mol. The molecule has 3 N–H and O–H groups in total. The fourth-order valence-corrected chi connectivity index (χ4v) is 4.02. The Morgan fingerprint density at radius 1 is 1.18 bits per heavy atom. The lowest BCUT2D eigenvalue weighted by Crippen LogP contribution is -2.34.